The predicted octanol–water partition coefficient (Wildman–Crippen LogP) is 0.748. The van der Waals surface area contributed by atoms with Gasteiger partial charge in [-0.1, -0.05) is 69.9 Å². The van der Waals surface area contributed by atoms with Crippen LogP contribution in [0.25, 0.3) is 0 Å². The maximum absolute atomic E-state index is 14.2. The quantitative estimate of drug-likeness (QED) is 0.0372. The zero-order valence-electron chi connectivity index (χ0n) is 38.5. The van der Waals surface area contributed by atoms with Crippen molar-refractivity contribution in [1.29, 1.82) is 0 Å². The lowest BCUT2D eigenvalue weighted by atomic mass is 10.0. The number of benzene rings is 1. The van der Waals surface area contributed by atoms with Gasteiger partial charge in [-0.2, -0.15) is 0 Å². The van der Waals surface area contributed by atoms with Crippen LogP contribution in [-0.4, -0.2) is 139 Å². The molecule has 3 rings (SSSR count). The van der Waals surface area contributed by atoms with E-state index in [1.807, 2.05) is 36.6 Å². The third-order valence-electron chi connectivity index (χ3n) is 11.2. The Labute approximate surface area is 386 Å². The molecule has 0 spiro atoms. The normalized spacial score (nSPS) is 17.5. The molecular formula is C44H71N8O13P. The summed E-state index contributed by atoms with van der Waals surface area (Å²) in [7, 11) is -4.89. The lowest BCUT2D eigenvalue weighted by Crippen LogP contribution is -2.61. The molecule has 1 aliphatic rings. The molecule has 1 saturated heterocycles. The first kappa shape index (κ1) is 55.6. The number of unbranched alkanes of at least 4 members (excludes halogenated alkanes) is 5. The van der Waals surface area contributed by atoms with Gasteiger partial charge < -0.3 is 56.7 Å². The van der Waals surface area contributed by atoms with Gasteiger partial charge in [-0.3, -0.25) is 37.8 Å². The predicted molar refractivity (Wildman–Crippen MR) is 242 cm³/mol. The van der Waals surface area contributed by atoms with Crippen LogP contribution < -0.4 is 27.0 Å². The van der Waals surface area contributed by atoms with Crippen LogP contribution in [-0.2, 0) is 61.8 Å². The van der Waals surface area contributed by atoms with E-state index in [1.165, 1.54) is 17.4 Å². The minimum atomic E-state index is -4.89. The van der Waals surface area contributed by atoms with Gasteiger partial charge in [-0.05, 0) is 63.4 Å². The number of phosphoric acid groups is 1. The van der Waals surface area contributed by atoms with Crippen molar-refractivity contribution in [1.82, 2.24) is 35.7 Å². The van der Waals surface area contributed by atoms with Crippen molar-refractivity contribution < 1.29 is 62.6 Å². The molecule has 0 aliphatic carbocycles. The first-order chi connectivity index (χ1) is 31.3. The van der Waals surface area contributed by atoms with E-state index in [0.29, 0.717) is 31.6 Å². The molecule has 1 aromatic heterocycles. The summed E-state index contributed by atoms with van der Waals surface area (Å²) in [6.45, 7) is 5.04. The fraction of sp³-hybridized carbons (Fsp3) is 0.659. The molecule has 0 bridgehead atoms. The van der Waals surface area contributed by atoms with Crippen LogP contribution in [0.1, 0.15) is 103 Å². The Morgan fingerprint density at radius 3 is 2.15 bits per heavy atom. The van der Waals surface area contributed by atoms with Crippen LogP contribution in [0, 0.1) is 5.92 Å². The van der Waals surface area contributed by atoms with E-state index in [-0.39, 0.29) is 31.1 Å². The number of imidazole rings is 1. The number of amides is 6. The van der Waals surface area contributed by atoms with E-state index >= 15 is 0 Å². The Morgan fingerprint density at radius 2 is 1.52 bits per heavy atom. The Balaban J connectivity index is 1.76. The second-order valence-corrected chi connectivity index (χ2v) is 18.5. The third kappa shape index (κ3) is 19.2. The SMILES string of the molecule is CC(=O)N1CCC[C@H]1C(=O)N[C@@H](CC(C)C)C(=O)N[C@@H](Cc1cncn1CCCCCCCCc1ccccc1)C(=O)N[C@@H](CO)C(=O)NC(C(N)=O)[C@@H](C)OP(=O)(O)OCC[C@@H](O)CO. The fourth-order valence-electron chi connectivity index (χ4n) is 7.60. The number of nitrogens with one attached hydrogen (secondary N) is 4. The number of hydrogen-bond acceptors (Lipinski definition) is 13. The molecule has 22 heteroatoms. The highest BCUT2D eigenvalue weighted by Gasteiger charge is 2.38. The Hall–Kier alpha value is -4.76. The maximum atomic E-state index is 14.2. The monoisotopic (exact) mass is 950 g/mol. The molecule has 10 N–H and O–H groups in total. The van der Waals surface area contributed by atoms with E-state index in [4.69, 9.17) is 19.9 Å². The molecule has 6 amide bonds. The number of likely N-dealkylation sites (tertiary alicyclic amines) is 1. The number of aromatic nitrogens is 2. The summed E-state index contributed by atoms with van der Waals surface area (Å²) in [6.07, 6.45) is 8.32. The van der Waals surface area contributed by atoms with E-state index in [9.17, 15) is 48.4 Å². The molecule has 1 aromatic carbocycles. The summed E-state index contributed by atoms with van der Waals surface area (Å²) in [6, 6.07) is 3.52. The van der Waals surface area contributed by atoms with Gasteiger partial charge in [0, 0.05) is 38.3 Å². The van der Waals surface area contributed by atoms with Crippen molar-refractivity contribution in [2.24, 2.45) is 11.7 Å². The van der Waals surface area contributed by atoms with Crippen LogP contribution in [0.15, 0.2) is 42.9 Å². The van der Waals surface area contributed by atoms with Crippen LogP contribution in [0.4, 0.5) is 0 Å². The minimum Gasteiger partial charge on any atom is -0.394 e. The van der Waals surface area contributed by atoms with Gasteiger partial charge >= 0.3 is 7.82 Å². The number of aliphatic hydroxyl groups is 3. The summed E-state index contributed by atoms with van der Waals surface area (Å²) in [5, 5.41) is 38.9. The van der Waals surface area contributed by atoms with Gasteiger partial charge in [0.05, 0.1) is 38.4 Å². The zero-order valence-corrected chi connectivity index (χ0v) is 39.4. The molecule has 0 saturated carbocycles. The Kier molecular flexibility index (Phi) is 23.9. The maximum Gasteiger partial charge on any atom is 0.472 e. The molecule has 2 unspecified atom stereocenters. The zero-order chi connectivity index (χ0) is 48.8. The molecular weight excluding hydrogens is 880 g/mol. The third-order valence-corrected chi connectivity index (χ3v) is 12.3. The highest BCUT2D eigenvalue weighted by atomic mass is 31.2. The van der Waals surface area contributed by atoms with Gasteiger partial charge in [0.2, 0.25) is 35.4 Å². The number of nitrogens with zero attached hydrogens (tertiary/aromatic N) is 3. The fourth-order valence-corrected chi connectivity index (χ4v) is 8.54. The van der Waals surface area contributed by atoms with E-state index in [0.717, 1.165) is 51.9 Å². The van der Waals surface area contributed by atoms with Crippen molar-refractivity contribution in [3.05, 3.63) is 54.1 Å². The van der Waals surface area contributed by atoms with Crippen molar-refractivity contribution in [2.45, 2.75) is 154 Å². The van der Waals surface area contributed by atoms with E-state index < -0.39 is 99.6 Å². The van der Waals surface area contributed by atoms with Gasteiger partial charge in [0.15, 0.2) is 0 Å². The Bertz CT molecular complexity index is 1900. The average Bonchev–Trinajstić information content (AvgIpc) is 3.95. The summed E-state index contributed by atoms with van der Waals surface area (Å²) < 4.78 is 24.2. The van der Waals surface area contributed by atoms with Crippen LogP contribution in [0.5, 0.6) is 0 Å². The summed E-state index contributed by atoms with van der Waals surface area (Å²) in [5.41, 5.74) is 7.37. The smallest absolute Gasteiger partial charge is 0.394 e. The van der Waals surface area contributed by atoms with Gasteiger partial charge in [-0.15, -0.1) is 0 Å². The highest BCUT2D eigenvalue weighted by molar-refractivity contribution is 7.47. The Morgan fingerprint density at radius 1 is 0.879 bits per heavy atom. The lowest BCUT2D eigenvalue weighted by Gasteiger charge is -2.28. The van der Waals surface area contributed by atoms with Gasteiger partial charge in [-0.25, -0.2) is 9.55 Å². The standard InChI is InChI=1S/C44H71N8O13P/c1-29(2)23-35(48-44(61)38-18-14-21-52(38)31(4)55)41(58)47-36(24-33-25-46-28-51(33)20-13-8-6-5-7-10-15-32-16-11-9-12-17-32)42(59)49-37(27-54)43(60)50-39(40(45)57)30(3)65-66(62,63)64-22-19-34(56)26-53/h9,11-12,16-17,25,28-30,34-39,53-54,56H,5-8,10,13-15,18-24,26-27H2,1-4H3,(H2,45,57)(H,47,58)(H,48,61)(H,49,59)(H,50,60)(H,62,63)/t30-,34-,35+,36+,37+,38+,39?/m1/s1. The molecule has 8 atom stereocenters. The number of aryl methyl sites for hydroxylation is 2. The number of carbonyl (C=O) groups excluding carboxylic acids is 6. The molecule has 66 heavy (non-hydrogen) atoms. The number of carbonyl (C=O) groups is 6. The van der Waals surface area contributed by atoms with Gasteiger partial charge in [0.25, 0.3) is 0 Å². The molecule has 21 nitrogen and oxygen atoms in total. The van der Waals surface area contributed by atoms with Crippen molar-refractivity contribution in [3.8, 4) is 0 Å². The summed E-state index contributed by atoms with van der Waals surface area (Å²) in [4.78, 5) is 95.8. The molecule has 1 fully saturated rings. The molecule has 2 heterocycles. The number of rotatable bonds is 31. The first-order valence-corrected chi connectivity index (χ1v) is 24.2. The largest absolute Gasteiger partial charge is 0.472 e. The number of phosphoric ester groups is 1. The van der Waals surface area contributed by atoms with Crippen LogP contribution in [0.3, 0.4) is 0 Å². The number of aliphatic hydroxyl groups excluding tert-OH is 3. The number of primary amides is 1. The second-order valence-electron chi connectivity index (χ2n) is 17.1. The lowest BCUT2D eigenvalue weighted by molar-refractivity contribution is -0.139. The highest BCUT2D eigenvalue weighted by Crippen LogP contribution is 2.45. The molecule has 1 aliphatic heterocycles. The molecule has 2 aromatic rings. The number of hydrogen-bond donors (Lipinski definition) is 9. The minimum absolute atomic E-state index is 0.0939. The topological polar surface area (TPSA) is 314 Å². The summed E-state index contributed by atoms with van der Waals surface area (Å²) in [5.74, 6) is -4.87. The van der Waals surface area contributed by atoms with Crippen LogP contribution in [0.2, 0.25) is 0 Å². The first-order valence-electron chi connectivity index (χ1n) is 22.7. The average molecular weight is 951 g/mol. The number of nitrogens with two attached hydrogens (primary N) is 1. The summed E-state index contributed by atoms with van der Waals surface area (Å²) >= 11 is 0. The molecule has 0 radical (unpaired) electrons. The van der Waals surface area contributed by atoms with Crippen molar-refractivity contribution >= 4 is 43.3 Å². The van der Waals surface area contributed by atoms with Crippen LogP contribution >= 0.6 is 7.82 Å². The van der Waals surface area contributed by atoms with Crippen molar-refractivity contribution in [3.63, 3.8) is 0 Å². The second kappa shape index (κ2) is 28.4. The van der Waals surface area contributed by atoms with E-state index in [1.54, 1.807) is 12.5 Å². The van der Waals surface area contributed by atoms with Crippen molar-refractivity contribution in [2.75, 3.05) is 26.4 Å². The van der Waals surface area contributed by atoms with E-state index in [2.05, 4.69) is 38.4 Å². The van der Waals surface area contributed by atoms with Gasteiger partial charge in [0.1, 0.15) is 30.2 Å². The molecule has 370 valence electrons.